The van der Waals surface area contributed by atoms with Crippen LogP contribution < -0.4 is 29.7 Å². The fourth-order valence-electron chi connectivity index (χ4n) is 8.86. The third kappa shape index (κ3) is 8.22. The van der Waals surface area contributed by atoms with E-state index in [4.69, 9.17) is 19.2 Å². The van der Waals surface area contributed by atoms with E-state index < -0.39 is 68.7 Å². The second-order valence-corrected chi connectivity index (χ2v) is 19.2. The molecule has 3 saturated carbocycles. The van der Waals surface area contributed by atoms with Gasteiger partial charge in [0.1, 0.15) is 41.3 Å². The number of anilines is 1. The maximum absolute atomic E-state index is 14.6. The Balaban J connectivity index is 1.10. The van der Waals surface area contributed by atoms with Gasteiger partial charge in [-0.05, 0) is 87.1 Å². The first-order valence-corrected chi connectivity index (χ1v) is 22.5. The number of likely N-dealkylation sites (N-methyl/N-ethyl adjacent to an activating group) is 1. The molecule has 60 heavy (non-hydrogen) atoms. The molecule has 2 aliphatic heterocycles. The van der Waals surface area contributed by atoms with Gasteiger partial charge in [0.2, 0.25) is 21.8 Å². The summed E-state index contributed by atoms with van der Waals surface area (Å²) < 4.78 is 45.8. The highest BCUT2D eigenvalue weighted by Crippen LogP contribution is 2.46. The number of benzene rings is 2. The van der Waals surface area contributed by atoms with Crippen LogP contribution >= 0.6 is 0 Å². The molecule has 320 valence electrons. The topological polar surface area (TPSA) is 186 Å². The molecule has 4 amide bonds. The molecular formula is C44H54N6O9S. The predicted molar refractivity (Wildman–Crippen MR) is 225 cm³/mol. The van der Waals surface area contributed by atoms with Crippen molar-refractivity contribution in [1.82, 2.24) is 25.2 Å². The van der Waals surface area contributed by atoms with E-state index in [1.807, 2.05) is 30.3 Å². The molecule has 5 atom stereocenters. The van der Waals surface area contributed by atoms with Crippen LogP contribution in [0, 0.1) is 11.8 Å². The summed E-state index contributed by atoms with van der Waals surface area (Å²) in [5.41, 5.74) is 3.04. The molecule has 1 aromatic heterocycles. The number of methoxy groups -OCH3 is 1. The van der Waals surface area contributed by atoms with Crippen LogP contribution in [0.2, 0.25) is 0 Å². The maximum Gasteiger partial charge on any atom is 0.408 e. The zero-order chi connectivity index (χ0) is 42.5. The molecule has 0 bridgehead atoms. The molecule has 2 aromatic carbocycles. The zero-order valence-electron chi connectivity index (χ0n) is 34.6. The molecule has 5 aliphatic rings. The van der Waals surface area contributed by atoms with E-state index in [0.29, 0.717) is 40.9 Å². The van der Waals surface area contributed by atoms with Crippen LogP contribution in [0.3, 0.4) is 0 Å². The van der Waals surface area contributed by atoms with Crippen molar-refractivity contribution in [3.8, 4) is 22.8 Å². The van der Waals surface area contributed by atoms with Crippen molar-refractivity contribution in [3.05, 3.63) is 60.7 Å². The third-order valence-corrected chi connectivity index (χ3v) is 14.5. The Hall–Kier alpha value is -5.38. The number of fused-ring (bicyclic) bond motifs is 2. The van der Waals surface area contributed by atoms with E-state index in [-0.39, 0.29) is 31.4 Å². The SMILES string of the molecule is C=C[C@@H]1C[C@]1(NC(=O)[C@@H]1C[C@@H](Oc2cc(-c3ccc4c(c3)CCN4C)nc3cc(OC)ccc23)CN1C(=O)[C@@H](NC(=O)OC1CCCC1)C(C)C)C(=O)NS(=O)(=O)C1CC1. The van der Waals surface area contributed by atoms with Gasteiger partial charge >= 0.3 is 6.09 Å². The van der Waals surface area contributed by atoms with Crippen LogP contribution in [0.4, 0.5) is 10.5 Å². The van der Waals surface area contributed by atoms with Gasteiger partial charge in [-0.2, -0.15) is 0 Å². The Morgan fingerprint density at radius 1 is 1.02 bits per heavy atom. The second-order valence-electron chi connectivity index (χ2n) is 17.2. The number of pyridine rings is 1. The highest BCUT2D eigenvalue weighted by Gasteiger charge is 2.62. The number of hydrogen-bond donors (Lipinski definition) is 3. The quantitative estimate of drug-likeness (QED) is 0.193. The summed E-state index contributed by atoms with van der Waals surface area (Å²) in [6, 6.07) is 11.4. The molecule has 3 aromatic rings. The van der Waals surface area contributed by atoms with Gasteiger partial charge in [0.25, 0.3) is 5.91 Å². The molecule has 3 N–H and O–H groups in total. The average molecular weight is 843 g/mol. The highest BCUT2D eigenvalue weighted by molar-refractivity contribution is 7.91. The average Bonchev–Trinajstić information content (AvgIpc) is 4.05. The van der Waals surface area contributed by atoms with Crippen LogP contribution in [-0.4, -0.2) is 104 Å². The molecule has 15 nitrogen and oxygen atoms in total. The molecule has 1 saturated heterocycles. The van der Waals surface area contributed by atoms with Crippen LogP contribution in [0.15, 0.2) is 55.1 Å². The van der Waals surface area contributed by atoms with E-state index in [0.717, 1.165) is 44.2 Å². The number of amides is 4. The summed E-state index contributed by atoms with van der Waals surface area (Å²) >= 11 is 0. The first kappa shape index (κ1) is 41.4. The normalized spacial score (nSPS) is 24.2. The number of carbonyl (C=O) groups is 4. The van der Waals surface area contributed by atoms with Crippen molar-refractivity contribution in [2.45, 2.75) is 107 Å². The Labute approximate surface area is 350 Å². The maximum atomic E-state index is 14.6. The fraction of sp³-hybridized carbons (Fsp3) is 0.523. The number of alkyl carbamates (subject to hydrolysis) is 1. The van der Waals surface area contributed by atoms with E-state index in [9.17, 15) is 27.6 Å². The Kier molecular flexibility index (Phi) is 11.2. The Morgan fingerprint density at radius 2 is 1.78 bits per heavy atom. The second kappa shape index (κ2) is 16.2. The lowest BCUT2D eigenvalue weighted by molar-refractivity contribution is -0.141. The molecular weight excluding hydrogens is 789 g/mol. The predicted octanol–water partition coefficient (Wildman–Crippen LogP) is 4.61. The van der Waals surface area contributed by atoms with Gasteiger partial charge in [0.15, 0.2) is 0 Å². The number of hydrogen-bond acceptors (Lipinski definition) is 11. The van der Waals surface area contributed by atoms with E-state index in [1.165, 1.54) is 22.2 Å². The molecule has 0 radical (unpaired) electrons. The summed E-state index contributed by atoms with van der Waals surface area (Å²) in [6.07, 6.45) is 5.31. The highest BCUT2D eigenvalue weighted by atomic mass is 32.2. The number of nitrogens with one attached hydrogen (secondary N) is 3. The van der Waals surface area contributed by atoms with Gasteiger partial charge in [0, 0.05) is 54.7 Å². The lowest BCUT2D eigenvalue weighted by Gasteiger charge is -2.31. The fourth-order valence-corrected chi connectivity index (χ4v) is 10.2. The summed E-state index contributed by atoms with van der Waals surface area (Å²) in [4.78, 5) is 64.5. The van der Waals surface area contributed by atoms with Crippen molar-refractivity contribution >= 4 is 50.4 Å². The largest absolute Gasteiger partial charge is 0.497 e. The first-order chi connectivity index (χ1) is 28.7. The van der Waals surface area contributed by atoms with E-state index >= 15 is 0 Å². The molecule has 3 aliphatic carbocycles. The third-order valence-electron chi connectivity index (χ3n) is 12.7. The van der Waals surface area contributed by atoms with Crippen molar-refractivity contribution < 1.29 is 41.8 Å². The van der Waals surface area contributed by atoms with E-state index in [2.05, 4.69) is 46.0 Å². The van der Waals surface area contributed by atoms with Gasteiger partial charge < -0.3 is 34.6 Å². The minimum Gasteiger partial charge on any atom is -0.497 e. The number of aromatic nitrogens is 1. The van der Waals surface area contributed by atoms with Gasteiger partial charge in [-0.15, -0.1) is 6.58 Å². The summed E-state index contributed by atoms with van der Waals surface area (Å²) in [7, 11) is -0.260. The Morgan fingerprint density at radius 3 is 2.47 bits per heavy atom. The standard InChI is InChI=1S/C44H54N6O9S/c1-6-28-23-44(28,42(53)48-60(55,56)32-13-14-32)47-40(51)37-21-31(24-50(37)41(52)39(25(2)3)46-43(54)59-29-9-7-8-10-29)58-38-22-34(45-35-20-30(57-5)12-15-33(35)38)26-11-16-36-27(19-26)17-18-49(36)4/h6,11-12,15-16,19-20,22,25,28-29,31-32,37,39H,1,7-10,13-14,17-18,21,23-24H2,2-5H3,(H,46,54)(H,47,51)(H,48,53)/t28-,31-,37+,39+,44-/m1/s1. The minimum absolute atomic E-state index is 0.0277. The van der Waals surface area contributed by atoms with E-state index in [1.54, 1.807) is 21.0 Å². The summed E-state index contributed by atoms with van der Waals surface area (Å²) in [5, 5.41) is 5.66. The monoisotopic (exact) mass is 842 g/mol. The van der Waals surface area contributed by atoms with Crippen LogP contribution in [-0.2, 0) is 35.6 Å². The number of likely N-dealkylation sites (tertiary alicyclic amines) is 1. The number of nitrogens with zero attached hydrogens (tertiary/aromatic N) is 3. The number of sulfonamides is 1. The van der Waals surface area contributed by atoms with Crippen molar-refractivity contribution in [2.24, 2.45) is 11.8 Å². The van der Waals surface area contributed by atoms with Gasteiger partial charge in [-0.3, -0.25) is 19.1 Å². The lowest BCUT2D eigenvalue weighted by atomic mass is 10.0. The van der Waals surface area contributed by atoms with Gasteiger partial charge in [0.05, 0.1) is 30.1 Å². The van der Waals surface area contributed by atoms with Crippen LogP contribution in [0.1, 0.15) is 70.8 Å². The number of carbonyl (C=O) groups excluding carboxylic acids is 4. The van der Waals surface area contributed by atoms with Gasteiger partial charge in [-0.1, -0.05) is 26.0 Å². The molecule has 0 spiro atoms. The lowest BCUT2D eigenvalue weighted by Crippen LogP contribution is -2.59. The minimum atomic E-state index is -3.91. The summed E-state index contributed by atoms with van der Waals surface area (Å²) in [6.45, 7) is 8.30. The Bertz CT molecular complexity index is 2330. The first-order valence-electron chi connectivity index (χ1n) is 21.0. The summed E-state index contributed by atoms with van der Waals surface area (Å²) in [5.74, 6) is -1.81. The van der Waals surface area contributed by atoms with Crippen molar-refractivity contribution in [2.75, 3.05) is 32.1 Å². The molecule has 3 heterocycles. The number of ether oxygens (including phenoxy) is 3. The van der Waals surface area contributed by atoms with Crippen LogP contribution in [0.25, 0.3) is 22.2 Å². The molecule has 8 rings (SSSR count). The zero-order valence-corrected chi connectivity index (χ0v) is 35.4. The number of rotatable bonds is 14. The smallest absolute Gasteiger partial charge is 0.408 e. The molecule has 0 unspecified atom stereocenters. The van der Waals surface area contributed by atoms with Crippen molar-refractivity contribution in [3.63, 3.8) is 0 Å². The van der Waals surface area contributed by atoms with Crippen molar-refractivity contribution in [1.29, 1.82) is 0 Å². The molecule has 4 fully saturated rings. The van der Waals surface area contributed by atoms with Crippen LogP contribution in [0.5, 0.6) is 11.5 Å². The molecule has 16 heteroatoms. The van der Waals surface area contributed by atoms with Gasteiger partial charge in [-0.25, -0.2) is 18.2 Å².